The van der Waals surface area contributed by atoms with E-state index in [0.717, 1.165) is 16.6 Å². The molecule has 4 rings (SSSR count). The van der Waals surface area contributed by atoms with Gasteiger partial charge in [0.25, 0.3) is 11.6 Å². The lowest BCUT2D eigenvalue weighted by molar-refractivity contribution is -0.385. The molecule has 1 aromatic heterocycles. The Balaban J connectivity index is 1.49. The number of thiocarbonyl (C=S) groups is 1. The second kappa shape index (κ2) is 8.10. The summed E-state index contributed by atoms with van der Waals surface area (Å²) >= 11 is 5.20. The van der Waals surface area contributed by atoms with Crippen molar-refractivity contribution in [3.05, 3.63) is 88.5 Å². The van der Waals surface area contributed by atoms with Gasteiger partial charge in [-0.15, -0.1) is 0 Å². The van der Waals surface area contributed by atoms with Crippen LogP contribution in [0.25, 0.3) is 22.4 Å². The molecule has 9 heteroatoms. The zero-order chi connectivity index (χ0) is 21.1. The monoisotopic (exact) mass is 417 g/mol. The second-order valence-electron chi connectivity index (χ2n) is 6.37. The maximum atomic E-state index is 12.4. The minimum absolute atomic E-state index is 0.0277. The van der Waals surface area contributed by atoms with Gasteiger partial charge in [-0.1, -0.05) is 36.4 Å². The average Bonchev–Trinajstić information content (AvgIpc) is 3.18. The maximum absolute atomic E-state index is 12.4. The number of nitrogens with zero attached hydrogens (tertiary/aromatic N) is 2. The third kappa shape index (κ3) is 4.01. The van der Waals surface area contributed by atoms with Crippen LogP contribution in [0.3, 0.4) is 0 Å². The number of nitro benzene ring substituents is 1. The van der Waals surface area contributed by atoms with Crippen LogP contribution in [-0.2, 0) is 0 Å². The number of hydrogen-bond acceptors (Lipinski definition) is 5. The van der Waals surface area contributed by atoms with E-state index in [1.54, 1.807) is 12.1 Å². The molecule has 0 fully saturated rings. The fourth-order valence-electron chi connectivity index (χ4n) is 2.99. The lowest BCUT2D eigenvalue weighted by Gasteiger charge is -2.10. The molecule has 148 valence electrons. The SMILES string of the molecule is O=C(NC(=S)Nc1cccc(-c2nc3ccccc3[nH]2)c1)c1ccccc1[N+](=O)[O-]. The summed E-state index contributed by atoms with van der Waals surface area (Å²) in [5.41, 5.74) is 2.91. The Morgan fingerprint density at radius 1 is 1.03 bits per heavy atom. The summed E-state index contributed by atoms with van der Waals surface area (Å²) in [6.07, 6.45) is 0. The number of carbonyl (C=O) groups excluding carboxylic acids is 1. The number of H-pyrrole nitrogens is 1. The number of anilines is 1. The zero-order valence-electron chi connectivity index (χ0n) is 15.5. The first kappa shape index (κ1) is 19.2. The van der Waals surface area contributed by atoms with Gasteiger partial charge < -0.3 is 10.3 Å². The van der Waals surface area contributed by atoms with Gasteiger partial charge in [0.1, 0.15) is 11.4 Å². The molecule has 3 aromatic carbocycles. The van der Waals surface area contributed by atoms with E-state index in [-0.39, 0.29) is 16.4 Å². The van der Waals surface area contributed by atoms with Crippen LogP contribution < -0.4 is 10.6 Å². The molecule has 0 atom stereocenters. The Morgan fingerprint density at radius 2 is 1.80 bits per heavy atom. The van der Waals surface area contributed by atoms with Crippen molar-refractivity contribution >= 4 is 45.6 Å². The van der Waals surface area contributed by atoms with Crippen molar-refractivity contribution in [2.45, 2.75) is 0 Å². The highest BCUT2D eigenvalue weighted by atomic mass is 32.1. The van der Waals surface area contributed by atoms with Gasteiger partial charge in [-0.2, -0.15) is 0 Å². The lowest BCUT2D eigenvalue weighted by atomic mass is 10.1. The number of aromatic amines is 1. The van der Waals surface area contributed by atoms with Crippen molar-refractivity contribution in [3.63, 3.8) is 0 Å². The first-order chi connectivity index (χ1) is 14.5. The molecule has 3 N–H and O–H groups in total. The molecule has 1 amide bonds. The zero-order valence-corrected chi connectivity index (χ0v) is 16.3. The fourth-order valence-corrected chi connectivity index (χ4v) is 3.20. The highest BCUT2D eigenvalue weighted by molar-refractivity contribution is 7.80. The Morgan fingerprint density at radius 3 is 2.60 bits per heavy atom. The number of nitro groups is 1. The summed E-state index contributed by atoms with van der Waals surface area (Å²) in [4.78, 5) is 30.7. The number of fused-ring (bicyclic) bond motifs is 1. The molecule has 0 saturated carbocycles. The highest BCUT2D eigenvalue weighted by Gasteiger charge is 2.20. The summed E-state index contributed by atoms with van der Waals surface area (Å²) in [6.45, 7) is 0. The average molecular weight is 417 g/mol. The van der Waals surface area contributed by atoms with Crippen LogP contribution in [0.4, 0.5) is 11.4 Å². The van der Waals surface area contributed by atoms with Gasteiger partial charge in [0.05, 0.1) is 16.0 Å². The van der Waals surface area contributed by atoms with Gasteiger partial charge >= 0.3 is 0 Å². The molecule has 0 saturated heterocycles. The van der Waals surface area contributed by atoms with Crippen molar-refractivity contribution in [3.8, 4) is 11.4 Å². The molecule has 0 radical (unpaired) electrons. The lowest BCUT2D eigenvalue weighted by Crippen LogP contribution is -2.34. The van der Waals surface area contributed by atoms with Crippen molar-refractivity contribution in [2.75, 3.05) is 5.32 Å². The molecule has 0 unspecified atom stereocenters. The molecule has 0 aliphatic rings. The summed E-state index contributed by atoms with van der Waals surface area (Å²) in [7, 11) is 0. The van der Waals surface area contributed by atoms with E-state index in [9.17, 15) is 14.9 Å². The van der Waals surface area contributed by atoms with Crippen molar-refractivity contribution in [1.29, 1.82) is 0 Å². The van der Waals surface area contributed by atoms with E-state index < -0.39 is 10.8 Å². The number of carbonyl (C=O) groups is 1. The van der Waals surface area contributed by atoms with Crippen LogP contribution in [0.5, 0.6) is 0 Å². The van der Waals surface area contributed by atoms with E-state index in [2.05, 4.69) is 20.6 Å². The summed E-state index contributed by atoms with van der Waals surface area (Å²) < 4.78 is 0. The van der Waals surface area contributed by atoms with E-state index in [0.29, 0.717) is 11.5 Å². The number of benzene rings is 3. The fraction of sp³-hybridized carbons (Fsp3) is 0. The molecule has 4 aromatic rings. The molecule has 1 heterocycles. The minimum atomic E-state index is -0.659. The number of amides is 1. The van der Waals surface area contributed by atoms with Gasteiger partial charge in [-0.05, 0) is 42.5 Å². The number of hydrogen-bond donors (Lipinski definition) is 3. The summed E-state index contributed by atoms with van der Waals surface area (Å²) in [5, 5.41) is 16.5. The molecular formula is C21H15N5O3S. The number of aromatic nitrogens is 2. The van der Waals surface area contributed by atoms with Gasteiger partial charge in [-0.3, -0.25) is 20.2 Å². The van der Waals surface area contributed by atoms with Crippen LogP contribution in [0.15, 0.2) is 72.8 Å². The third-order valence-electron chi connectivity index (χ3n) is 4.36. The summed E-state index contributed by atoms with van der Waals surface area (Å²) in [5.74, 6) is 0.0444. The van der Waals surface area contributed by atoms with Crippen LogP contribution in [-0.4, -0.2) is 25.9 Å². The quantitative estimate of drug-likeness (QED) is 0.260. The van der Waals surface area contributed by atoms with Crippen molar-refractivity contribution < 1.29 is 9.72 Å². The number of imidazole rings is 1. The minimum Gasteiger partial charge on any atom is -0.338 e. The Hall–Kier alpha value is -4.11. The first-order valence-corrected chi connectivity index (χ1v) is 9.33. The van der Waals surface area contributed by atoms with Gasteiger partial charge in [0.15, 0.2) is 5.11 Å². The molecule has 0 aliphatic carbocycles. The number of para-hydroxylation sites is 3. The van der Waals surface area contributed by atoms with Gasteiger partial charge in [0.2, 0.25) is 0 Å². The van der Waals surface area contributed by atoms with Crippen LogP contribution >= 0.6 is 12.2 Å². The summed E-state index contributed by atoms with van der Waals surface area (Å²) in [6, 6.07) is 20.8. The molecule has 0 spiro atoms. The molecule has 8 nitrogen and oxygen atoms in total. The van der Waals surface area contributed by atoms with Crippen molar-refractivity contribution in [1.82, 2.24) is 15.3 Å². The third-order valence-corrected chi connectivity index (χ3v) is 4.56. The molecule has 0 aliphatic heterocycles. The predicted octanol–water partition coefficient (Wildman–Crippen LogP) is 4.26. The molecule has 0 bridgehead atoms. The van der Waals surface area contributed by atoms with Crippen LogP contribution in [0.1, 0.15) is 10.4 Å². The number of rotatable bonds is 4. The standard InChI is InChI=1S/C21H15N5O3S/c27-20(15-8-1-4-11-18(15)26(28)29)25-21(30)22-14-7-5-6-13(12-14)19-23-16-9-2-3-10-17(16)24-19/h1-12H,(H,23,24)(H2,22,25,27,30). The largest absolute Gasteiger partial charge is 0.338 e. The smallest absolute Gasteiger partial charge is 0.282 e. The van der Waals surface area contributed by atoms with Crippen LogP contribution in [0, 0.1) is 10.1 Å². The Labute approximate surface area is 176 Å². The van der Waals surface area contributed by atoms with Gasteiger partial charge in [-0.25, -0.2) is 4.98 Å². The second-order valence-corrected chi connectivity index (χ2v) is 6.77. The Kier molecular flexibility index (Phi) is 5.19. The van der Waals surface area contributed by atoms with Crippen LogP contribution in [0.2, 0.25) is 0 Å². The topological polar surface area (TPSA) is 113 Å². The molecular weight excluding hydrogens is 402 g/mol. The van der Waals surface area contributed by atoms with E-state index >= 15 is 0 Å². The van der Waals surface area contributed by atoms with Crippen molar-refractivity contribution in [2.24, 2.45) is 0 Å². The van der Waals surface area contributed by atoms with Gasteiger partial charge in [0, 0.05) is 17.3 Å². The predicted molar refractivity (Wildman–Crippen MR) is 118 cm³/mol. The highest BCUT2D eigenvalue weighted by Crippen LogP contribution is 2.23. The Bertz CT molecular complexity index is 1250. The molecule has 30 heavy (non-hydrogen) atoms. The maximum Gasteiger partial charge on any atom is 0.282 e. The van der Waals surface area contributed by atoms with E-state index in [1.807, 2.05) is 42.5 Å². The first-order valence-electron chi connectivity index (χ1n) is 8.92. The normalized spacial score (nSPS) is 10.5. The number of nitrogens with one attached hydrogen (secondary N) is 3. The van der Waals surface area contributed by atoms with E-state index in [1.165, 1.54) is 18.2 Å². The van der Waals surface area contributed by atoms with E-state index in [4.69, 9.17) is 12.2 Å².